The van der Waals surface area contributed by atoms with Crippen LogP contribution >= 0.6 is 11.6 Å². The third-order valence-corrected chi connectivity index (χ3v) is 4.77. The molecule has 0 radical (unpaired) electrons. The highest BCUT2D eigenvalue weighted by molar-refractivity contribution is 6.30. The Morgan fingerprint density at radius 3 is 2.56 bits per heavy atom. The van der Waals surface area contributed by atoms with Crippen molar-refractivity contribution in [2.75, 3.05) is 37.6 Å². The highest BCUT2D eigenvalue weighted by Crippen LogP contribution is 2.20. The van der Waals surface area contributed by atoms with E-state index < -0.39 is 4.92 Å². The second-order valence-electron chi connectivity index (χ2n) is 6.38. The first-order valence-corrected chi connectivity index (χ1v) is 9.13. The lowest BCUT2D eigenvalue weighted by atomic mass is 10.2. The van der Waals surface area contributed by atoms with Gasteiger partial charge in [0.15, 0.2) is 0 Å². The lowest BCUT2D eigenvalue weighted by Gasteiger charge is -2.36. The quantitative estimate of drug-likeness (QED) is 0.608. The molecule has 27 heavy (non-hydrogen) atoms. The molecule has 0 aliphatic carbocycles. The van der Waals surface area contributed by atoms with Crippen LogP contribution in [0.15, 0.2) is 48.5 Å². The number of non-ortho nitro benzene ring substituents is 1. The summed E-state index contributed by atoms with van der Waals surface area (Å²) >= 11 is 6.04. The predicted molar refractivity (Wildman–Crippen MR) is 105 cm³/mol. The number of nitrogens with one attached hydrogen (secondary N) is 1. The number of nitrogens with zero attached hydrogens (tertiary/aromatic N) is 3. The number of carbonyl (C=O) groups excluding carboxylic acids is 1. The molecule has 3 rings (SSSR count). The number of amides is 1. The molecule has 0 atom stereocenters. The monoisotopic (exact) mass is 388 g/mol. The van der Waals surface area contributed by atoms with Gasteiger partial charge in [-0.1, -0.05) is 29.8 Å². The first-order chi connectivity index (χ1) is 13.0. The van der Waals surface area contributed by atoms with Gasteiger partial charge >= 0.3 is 0 Å². The number of piperazine rings is 1. The SMILES string of the molecule is O=C(CNCc1cccc([N+](=O)[O-])c1)N1CCN(c2cccc(Cl)c2)CC1. The summed E-state index contributed by atoms with van der Waals surface area (Å²) in [7, 11) is 0. The van der Waals surface area contributed by atoms with Crippen LogP contribution in [-0.2, 0) is 11.3 Å². The van der Waals surface area contributed by atoms with E-state index in [1.807, 2.05) is 29.2 Å². The van der Waals surface area contributed by atoms with E-state index in [2.05, 4.69) is 10.2 Å². The molecule has 0 spiro atoms. The molecule has 8 heteroatoms. The van der Waals surface area contributed by atoms with Gasteiger partial charge in [0.05, 0.1) is 11.5 Å². The molecule has 1 amide bonds. The van der Waals surface area contributed by atoms with Crippen LogP contribution in [0.2, 0.25) is 5.02 Å². The lowest BCUT2D eigenvalue weighted by molar-refractivity contribution is -0.384. The summed E-state index contributed by atoms with van der Waals surface area (Å²) in [6, 6.07) is 14.1. The van der Waals surface area contributed by atoms with Crippen LogP contribution in [0, 0.1) is 10.1 Å². The van der Waals surface area contributed by atoms with Crippen LogP contribution in [0.25, 0.3) is 0 Å². The van der Waals surface area contributed by atoms with Crippen molar-refractivity contribution >= 4 is 28.9 Å². The number of rotatable bonds is 6. The summed E-state index contributed by atoms with van der Waals surface area (Å²) < 4.78 is 0. The molecule has 1 aliphatic heterocycles. The standard InChI is InChI=1S/C19H21ClN4O3/c20-16-4-2-5-17(12-16)22-7-9-23(10-8-22)19(25)14-21-13-15-3-1-6-18(11-15)24(26)27/h1-6,11-12,21H,7-10,13-14H2. The number of hydrogen-bond acceptors (Lipinski definition) is 5. The van der Waals surface area contributed by atoms with Crippen LogP contribution in [0.1, 0.15) is 5.56 Å². The third-order valence-electron chi connectivity index (χ3n) is 4.53. The zero-order valence-corrected chi connectivity index (χ0v) is 15.6. The largest absolute Gasteiger partial charge is 0.368 e. The zero-order chi connectivity index (χ0) is 19.2. The van der Waals surface area contributed by atoms with Crippen LogP contribution in [0.4, 0.5) is 11.4 Å². The van der Waals surface area contributed by atoms with Crippen molar-refractivity contribution < 1.29 is 9.72 Å². The molecule has 1 heterocycles. The normalized spacial score (nSPS) is 14.3. The van der Waals surface area contributed by atoms with Gasteiger partial charge in [-0.05, 0) is 23.8 Å². The zero-order valence-electron chi connectivity index (χ0n) is 14.8. The summed E-state index contributed by atoms with van der Waals surface area (Å²) in [5.74, 6) is 0.0335. The van der Waals surface area contributed by atoms with Gasteiger partial charge in [0.2, 0.25) is 5.91 Å². The van der Waals surface area contributed by atoms with Crippen molar-refractivity contribution in [3.05, 3.63) is 69.2 Å². The van der Waals surface area contributed by atoms with Crippen molar-refractivity contribution in [2.45, 2.75) is 6.54 Å². The molecule has 7 nitrogen and oxygen atoms in total. The maximum Gasteiger partial charge on any atom is 0.269 e. The summed E-state index contributed by atoms with van der Waals surface area (Å²) in [4.78, 5) is 26.8. The Hall–Kier alpha value is -2.64. The summed E-state index contributed by atoms with van der Waals surface area (Å²) in [5, 5.41) is 14.6. The predicted octanol–water partition coefficient (Wildman–Crippen LogP) is 2.69. The van der Waals surface area contributed by atoms with E-state index in [0.717, 1.165) is 24.3 Å². The Kier molecular flexibility index (Phi) is 6.26. The lowest BCUT2D eigenvalue weighted by Crippen LogP contribution is -2.50. The molecule has 1 aliphatic rings. The fourth-order valence-corrected chi connectivity index (χ4v) is 3.28. The summed E-state index contributed by atoms with van der Waals surface area (Å²) in [5.41, 5.74) is 1.90. The van der Waals surface area contributed by atoms with E-state index in [1.165, 1.54) is 12.1 Å². The highest BCUT2D eigenvalue weighted by atomic mass is 35.5. The number of carbonyl (C=O) groups is 1. The number of hydrogen-bond donors (Lipinski definition) is 1. The molecule has 1 saturated heterocycles. The van der Waals surface area contributed by atoms with Gasteiger partial charge < -0.3 is 15.1 Å². The molecule has 2 aromatic rings. The Balaban J connectivity index is 1.44. The average molecular weight is 389 g/mol. The molecule has 1 fully saturated rings. The van der Waals surface area contributed by atoms with Crippen LogP contribution in [0.5, 0.6) is 0 Å². The maximum absolute atomic E-state index is 12.4. The molecule has 142 valence electrons. The van der Waals surface area contributed by atoms with Crippen molar-refractivity contribution in [3.63, 3.8) is 0 Å². The van der Waals surface area contributed by atoms with Crippen molar-refractivity contribution in [1.29, 1.82) is 0 Å². The Morgan fingerprint density at radius 2 is 1.85 bits per heavy atom. The fraction of sp³-hybridized carbons (Fsp3) is 0.316. The number of nitro groups is 1. The minimum Gasteiger partial charge on any atom is -0.368 e. The summed E-state index contributed by atoms with van der Waals surface area (Å²) in [6.07, 6.45) is 0. The number of halogens is 1. The van der Waals surface area contributed by atoms with Gasteiger partial charge in [0, 0.05) is 55.6 Å². The topological polar surface area (TPSA) is 78.7 Å². The molecular weight excluding hydrogens is 368 g/mol. The fourth-order valence-electron chi connectivity index (χ4n) is 3.09. The maximum atomic E-state index is 12.4. The van der Waals surface area contributed by atoms with Crippen molar-refractivity contribution in [2.24, 2.45) is 0 Å². The number of nitro benzene ring substituents is 1. The second kappa shape index (κ2) is 8.83. The van der Waals surface area contributed by atoms with Gasteiger partial charge in [-0.25, -0.2) is 0 Å². The Bertz CT molecular complexity index is 822. The van der Waals surface area contributed by atoms with Gasteiger partial charge in [-0.3, -0.25) is 14.9 Å². The number of anilines is 1. The van der Waals surface area contributed by atoms with Gasteiger partial charge in [0.25, 0.3) is 5.69 Å². The summed E-state index contributed by atoms with van der Waals surface area (Å²) in [6.45, 7) is 3.46. The number of benzene rings is 2. The average Bonchev–Trinajstić information content (AvgIpc) is 2.68. The van der Waals surface area contributed by atoms with Crippen LogP contribution in [-0.4, -0.2) is 48.5 Å². The third kappa shape index (κ3) is 5.18. The smallest absolute Gasteiger partial charge is 0.269 e. The minimum absolute atomic E-state index is 0.0335. The van der Waals surface area contributed by atoms with E-state index in [-0.39, 0.29) is 18.1 Å². The molecule has 0 bridgehead atoms. The molecule has 0 saturated carbocycles. The highest BCUT2D eigenvalue weighted by Gasteiger charge is 2.21. The van der Waals surface area contributed by atoms with Gasteiger partial charge in [-0.15, -0.1) is 0 Å². The second-order valence-corrected chi connectivity index (χ2v) is 6.81. The Morgan fingerprint density at radius 1 is 1.11 bits per heavy atom. The van der Waals surface area contributed by atoms with Crippen LogP contribution < -0.4 is 10.2 Å². The van der Waals surface area contributed by atoms with Gasteiger partial charge in [-0.2, -0.15) is 0 Å². The van der Waals surface area contributed by atoms with Gasteiger partial charge in [0.1, 0.15) is 0 Å². The molecule has 0 aromatic heterocycles. The molecular formula is C19H21ClN4O3. The van der Waals surface area contributed by atoms with E-state index in [9.17, 15) is 14.9 Å². The van der Waals surface area contributed by atoms with E-state index in [1.54, 1.807) is 12.1 Å². The first-order valence-electron chi connectivity index (χ1n) is 8.75. The van der Waals surface area contributed by atoms with E-state index in [4.69, 9.17) is 11.6 Å². The van der Waals surface area contributed by atoms with E-state index in [0.29, 0.717) is 24.7 Å². The van der Waals surface area contributed by atoms with Crippen molar-refractivity contribution in [1.82, 2.24) is 10.2 Å². The van der Waals surface area contributed by atoms with Crippen molar-refractivity contribution in [3.8, 4) is 0 Å². The minimum atomic E-state index is -0.423. The molecule has 0 unspecified atom stereocenters. The van der Waals surface area contributed by atoms with Crippen LogP contribution in [0.3, 0.4) is 0 Å². The Labute approximate surface area is 162 Å². The molecule has 1 N–H and O–H groups in total. The van der Waals surface area contributed by atoms with E-state index >= 15 is 0 Å². The molecule has 2 aromatic carbocycles. The first kappa shape index (κ1) is 19.1.